The third-order valence-corrected chi connectivity index (χ3v) is 7.25. The van der Waals surface area contributed by atoms with Crippen molar-refractivity contribution in [2.24, 2.45) is 7.05 Å². The third-order valence-electron chi connectivity index (χ3n) is 5.34. The van der Waals surface area contributed by atoms with Gasteiger partial charge in [-0.25, -0.2) is 4.98 Å². The number of allylic oxidation sites excluding steroid dienone is 1. The maximum absolute atomic E-state index is 13.0. The number of carbonyl (C=O) groups excluding carboxylic acids is 1. The molecule has 1 N–H and O–H groups in total. The molecule has 3 aromatic rings. The summed E-state index contributed by atoms with van der Waals surface area (Å²) in [5.41, 5.74) is 3.30. The summed E-state index contributed by atoms with van der Waals surface area (Å²) in [6.45, 7) is 0.669. The number of aromatic nitrogens is 2. The molecular formula is C23H25N3O2S2. The molecule has 0 saturated heterocycles. The number of thiophene rings is 1. The van der Waals surface area contributed by atoms with Crippen molar-refractivity contribution >= 4 is 39.2 Å². The van der Waals surface area contributed by atoms with Gasteiger partial charge in [0, 0.05) is 24.5 Å². The zero-order valence-corrected chi connectivity index (χ0v) is 18.7. The standard InChI is InChI=1S/C23H25N3O2S2/c1-26-22(28)20-18(17-10-6-3-7-11-17)14-29-21(20)25-23(26)30-15-19(27)24-13-12-16-8-4-2-5-9-16/h3,6-8,10-11,14H,2,4-5,9,12-13,15H2,1H3,(H,24,27). The maximum Gasteiger partial charge on any atom is 0.263 e. The van der Waals surface area contributed by atoms with Crippen molar-refractivity contribution in [1.29, 1.82) is 0 Å². The minimum Gasteiger partial charge on any atom is -0.355 e. The minimum absolute atomic E-state index is 0.0260. The summed E-state index contributed by atoms with van der Waals surface area (Å²) in [5.74, 6) is 0.226. The van der Waals surface area contributed by atoms with Gasteiger partial charge in [0.05, 0.1) is 11.1 Å². The summed E-state index contributed by atoms with van der Waals surface area (Å²) < 4.78 is 1.55. The molecular weight excluding hydrogens is 414 g/mol. The van der Waals surface area contributed by atoms with Crippen molar-refractivity contribution in [3.05, 3.63) is 57.7 Å². The lowest BCUT2D eigenvalue weighted by molar-refractivity contribution is -0.118. The number of hydrogen-bond acceptors (Lipinski definition) is 5. The van der Waals surface area contributed by atoms with Crippen LogP contribution in [-0.4, -0.2) is 27.8 Å². The number of hydrogen-bond donors (Lipinski definition) is 1. The largest absolute Gasteiger partial charge is 0.355 e. The second kappa shape index (κ2) is 9.62. The molecule has 1 aliphatic rings. The Kier molecular flexibility index (Phi) is 6.69. The summed E-state index contributed by atoms with van der Waals surface area (Å²) in [6.07, 6.45) is 8.09. The van der Waals surface area contributed by atoms with E-state index in [0.717, 1.165) is 30.4 Å². The van der Waals surface area contributed by atoms with Gasteiger partial charge < -0.3 is 5.32 Å². The lowest BCUT2D eigenvalue weighted by Gasteiger charge is -2.13. The Morgan fingerprint density at radius 3 is 2.87 bits per heavy atom. The van der Waals surface area contributed by atoms with Gasteiger partial charge in [0.15, 0.2) is 5.16 Å². The Morgan fingerprint density at radius 1 is 1.27 bits per heavy atom. The summed E-state index contributed by atoms with van der Waals surface area (Å²) in [6, 6.07) is 9.88. The zero-order valence-electron chi connectivity index (χ0n) is 17.0. The Morgan fingerprint density at radius 2 is 2.10 bits per heavy atom. The summed E-state index contributed by atoms with van der Waals surface area (Å²) in [4.78, 5) is 30.6. The van der Waals surface area contributed by atoms with Crippen LogP contribution in [0.4, 0.5) is 0 Å². The van der Waals surface area contributed by atoms with E-state index in [9.17, 15) is 9.59 Å². The van der Waals surface area contributed by atoms with Gasteiger partial charge in [-0.3, -0.25) is 14.2 Å². The van der Waals surface area contributed by atoms with E-state index in [4.69, 9.17) is 0 Å². The molecule has 1 amide bonds. The number of nitrogens with zero attached hydrogens (tertiary/aromatic N) is 2. The lowest BCUT2D eigenvalue weighted by Crippen LogP contribution is -2.27. The fourth-order valence-electron chi connectivity index (χ4n) is 3.69. The Bertz CT molecular complexity index is 1130. The SMILES string of the molecule is Cn1c(SCC(=O)NCCC2=CCCCC2)nc2scc(-c3ccccc3)c2c1=O. The van der Waals surface area contributed by atoms with E-state index in [1.165, 1.54) is 41.5 Å². The second-order valence-electron chi connectivity index (χ2n) is 7.45. The van der Waals surface area contributed by atoms with E-state index >= 15 is 0 Å². The first kappa shape index (κ1) is 20.9. The van der Waals surface area contributed by atoms with Crippen LogP contribution in [0.15, 0.2) is 57.3 Å². The smallest absolute Gasteiger partial charge is 0.263 e. The van der Waals surface area contributed by atoms with Crippen LogP contribution in [0.2, 0.25) is 0 Å². The third kappa shape index (κ3) is 4.68. The van der Waals surface area contributed by atoms with Crippen molar-refractivity contribution in [3.63, 3.8) is 0 Å². The molecule has 30 heavy (non-hydrogen) atoms. The molecule has 0 saturated carbocycles. The second-order valence-corrected chi connectivity index (χ2v) is 9.25. The van der Waals surface area contributed by atoms with Crippen molar-refractivity contribution in [2.45, 2.75) is 37.3 Å². The molecule has 2 aromatic heterocycles. The summed E-state index contributed by atoms with van der Waals surface area (Å²) >= 11 is 2.77. The van der Waals surface area contributed by atoms with Crippen molar-refractivity contribution in [1.82, 2.24) is 14.9 Å². The Balaban J connectivity index is 1.42. The number of fused-ring (bicyclic) bond motifs is 1. The molecule has 0 unspecified atom stereocenters. The van der Waals surface area contributed by atoms with Crippen LogP contribution in [0.3, 0.4) is 0 Å². The van der Waals surface area contributed by atoms with E-state index in [1.807, 2.05) is 35.7 Å². The monoisotopic (exact) mass is 439 g/mol. The van der Waals surface area contributed by atoms with Crippen molar-refractivity contribution in [2.75, 3.05) is 12.3 Å². The van der Waals surface area contributed by atoms with Crippen molar-refractivity contribution < 1.29 is 4.79 Å². The highest BCUT2D eigenvalue weighted by Crippen LogP contribution is 2.31. The number of benzene rings is 1. The van der Waals surface area contributed by atoms with Crippen LogP contribution >= 0.6 is 23.1 Å². The predicted molar refractivity (Wildman–Crippen MR) is 125 cm³/mol. The molecule has 7 heteroatoms. The molecule has 156 valence electrons. The van der Waals surface area contributed by atoms with Crippen LogP contribution in [0, 0.1) is 0 Å². The van der Waals surface area contributed by atoms with E-state index in [0.29, 0.717) is 21.9 Å². The fourth-order valence-corrected chi connectivity index (χ4v) is 5.48. The van der Waals surface area contributed by atoms with Gasteiger partial charge in [0.25, 0.3) is 5.56 Å². The van der Waals surface area contributed by atoms with E-state index in [1.54, 1.807) is 11.6 Å². The van der Waals surface area contributed by atoms with Crippen LogP contribution < -0.4 is 10.9 Å². The molecule has 2 heterocycles. The van der Waals surface area contributed by atoms with Crippen LogP contribution in [0.25, 0.3) is 21.3 Å². The maximum atomic E-state index is 13.0. The first-order valence-electron chi connectivity index (χ1n) is 10.2. The highest BCUT2D eigenvalue weighted by molar-refractivity contribution is 7.99. The Labute approximate surface area is 184 Å². The first-order chi connectivity index (χ1) is 14.6. The van der Waals surface area contributed by atoms with Crippen LogP contribution in [0.1, 0.15) is 32.1 Å². The average Bonchev–Trinajstić information content (AvgIpc) is 3.21. The molecule has 4 rings (SSSR count). The van der Waals surface area contributed by atoms with E-state index in [-0.39, 0.29) is 17.2 Å². The lowest BCUT2D eigenvalue weighted by atomic mass is 9.97. The van der Waals surface area contributed by atoms with Gasteiger partial charge in [0.2, 0.25) is 5.91 Å². The number of amides is 1. The fraction of sp³-hybridized carbons (Fsp3) is 0.348. The minimum atomic E-state index is -0.0766. The molecule has 1 aliphatic carbocycles. The van der Waals surface area contributed by atoms with Gasteiger partial charge in [-0.05, 0) is 37.7 Å². The number of thioether (sulfide) groups is 1. The predicted octanol–water partition coefficient (Wildman–Crippen LogP) is 4.76. The van der Waals surface area contributed by atoms with Gasteiger partial charge >= 0.3 is 0 Å². The summed E-state index contributed by atoms with van der Waals surface area (Å²) in [7, 11) is 1.72. The van der Waals surface area contributed by atoms with Crippen LogP contribution in [0.5, 0.6) is 0 Å². The van der Waals surface area contributed by atoms with Gasteiger partial charge in [0.1, 0.15) is 4.83 Å². The topological polar surface area (TPSA) is 64.0 Å². The number of carbonyl (C=O) groups is 1. The van der Waals surface area contributed by atoms with Gasteiger partial charge in [-0.15, -0.1) is 11.3 Å². The molecule has 0 atom stereocenters. The van der Waals surface area contributed by atoms with E-state index in [2.05, 4.69) is 16.4 Å². The molecule has 0 bridgehead atoms. The van der Waals surface area contributed by atoms with Crippen LogP contribution in [-0.2, 0) is 11.8 Å². The molecule has 0 fully saturated rings. The average molecular weight is 440 g/mol. The highest BCUT2D eigenvalue weighted by Gasteiger charge is 2.16. The highest BCUT2D eigenvalue weighted by atomic mass is 32.2. The van der Waals surface area contributed by atoms with Gasteiger partial charge in [-0.2, -0.15) is 0 Å². The quantitative estimate of drug-likeness (QED) is 0.327. The zero-order chi connectivity index (χ0) is 20.9. The Hall–Kier alpha value is -2.38. The molecule has 0 aliphatic heterocycles. The molecule has 0 radical (unpaired) electrons. The summed E-state index contributed by atoms with van der Waals surface area (Å²) in [5, 5.41) is 6.18. The van der Waals surface area contributed by atoms with Crippen molar-refractivity contribution in [3.8, 4) is 11.1 Å². The molecule has 1 aromatic carbocycles. The van der Waals surface area contributed by atoms with Gasteiger partial charge in [-0.1, -0.05) is 53.7 Å². The first-order valence-corrected chi connectivity index (χ1v) is 12.1. The molecule has 5 nitrogen and oxygen atoms in total. The number of rotatable bonds is 7. The normalized spacial score (nSPS) is 14.0. The van der Waals surface area contributed by atoms with E-state index < -0.39 is 0 Å². The molecule has 0 spiro atoms. The number of nitrogens with one attached hydrogen (secondary N) is 1.